The Hall–Kier alpha value is -6.68. The first-order valence-corrected chi connectivity index (χ1v) is 19.3. The van der Waals surface area contributed by atoms with Crippen LogP contribution in [0.25, 0.3) is 48.0 Å². The van der Waals surface area contributed by atoms with E-state index in [1.165, 1.54) is 76.0 Å². The quantitative estimate of drug-likeness (QED) is 0.167. The molecule has 8 aromatic carbocycles. The van der Waals surface area contributed by atoms with E-state index in [1.807, 2.05) is 11.3 Å². The van der Waals surface area contributed by atoms with E-state index >= 15 is 0 Å². The van der Waals surface area contributed by atoms with Gasteiger partial charge < -0.3 is 9.47 Å². The summed E-state index contributed by atoms with van der Waals surface area (Å²) >= 11 is 1.90. The molecule has 2 heterocycles. The Labute approximate surface area is 318 Å². The normalized spacial score (nSPS) is 13.0. The summed E-state index contributed by atoms with van der Waals surface area (Å²) in [6.45, 7) is 0. The Bertz CT molecular complexity index is 2950. The molecular formula is C51H34N2S. The predicted octanol–water partition coefficient (Wildman–Crippen LogP) is 13.8. The van der Waals surface area contributed by atoms with Gasteiger partial charge in [-0.15, -0.1) is 11.3 Å². The maximum Gasteiger partial charge on any atom is 0.0728 e. The molecule has 0 N–H and O–H groups in total. The Morgan fingerprint density at radius 3 is 1.72 bits per heavy atom. The molecule has 254 valence electrons. The highest BCUT2D eigenvalue weighted by atomic mass is 32.1. The van der Waals surface area contributed by atoms with Gasteiger partial charge in [0.2, 0.25) is 0 Å². The SMILES string of the molecule is c1ccc(N(c2cccc(C3(c4ccccc4)c4ccccc4-c4ccccc43)c2)c2cccc3c2sc2c4ccccc4n(-c4ccccc4)c32)cc1. The maximum absolute atomic E-state index is 2.46. The van der Waals surface area contributed by atoms with E-state index in [0.29, 0.717) is 0 Å². The van der Waals surface area contributed by atoms with Crippen LogP contribution in [-0.2, 0) is 5.41 Å². The Balaban J connectivity index is 1.19. The third kappa shape index (κ3) is 4.39. The number of rotatable bonds is 6. The van der Waals surface area contributed by atoms with Gasteiger partial charge in [-0.1, -0.05) is 158 Å². The van der Waals surface area contributed by atoms with Crippen LogP contribution in [-0.4, -0.2) is 4.57 Å². The molecule has 0 fully saturated rings. The van der Waals surface area contributed by atoms with E-state index in [0.717, 1.165) is 11.4 Å². The largest absolute Gasteiger partial charge is 0.309 e. The van der Waals surface area contributed by atoms with Crippen molar-refractivity contribution in [3.8, 4) is 16.8 Å². The number of hydrogen-bond acceptors (Lipinski definition) is 2. The molecule has 0 atom stereocenters. The first-order chi connectivity index (χ1) is 26.8. The highest BCUT2D eigenvalue weighted by Gasteiger charge is 2.46. The van der Waals surface area contributed by atoms with Gasteiger partial charge in [-0.25, -0.2) is 0 Å². The topological polar surface area (TPSA) is 8.17 Å². The van der Waals surface area contributed by atoms with Crippen LogP contribution in [0.15, 0.2) is 206 Å². The van der Waals surface area contributed by atoms with Gasteiger partial charge in [0.15, 0.2) is 0 Å². The van der Waals surface area contributed by atoms with E-state index in [9.17, 15) is 0 Å². The number of nitrogens with zero attached hydrogens (tertiary/aromatic N) is 2. The molecule has 0 spiro atoms. The molecule has 0 saturated heterocycles. The molecule has 54 heavy (non-hydrogen) atoms. The van der Waals surface area contributed by atoms with Crippen molar-refractivity contribution in [1.82, 2.24) is 4.57 Å². The second kappa shape index (κ2) is 12.2. The minimum absolute atomic E-state index is 0.483. The number of para-hydroxylation sites is 3. The zero-order valence-corrected chi connectivity index (χ0v) is 30.2. The second-order valence-electron chi connectivity index (χ2n) is 14.1. The van der Waals surface area contributed by atoms with E-state index in [1.54, 1.807) is 0 Å². The van der Waals surface area contributed by atoms with Gasteiger partial charge in [-0.05, 0) is 81.9 Å². The molecule has 0 saturated carbocycles. The summed E-state index contributed by atoms with van der Waals surface area (Å²) in [4.78, 5) is 2.46. The van der Waals surface area contributed by atoms with Crippen LogP contribution in [0.2, 0.25) is 0 Å². The predicted molar refractivity (Wildman–Crippen MR) is 228 cm³/mol. The van der Waals surface area contributed by atoms with Crippen LogP contribution in [0, 0.1) is 0 Å². The monoisotopic (exact) mass is 706 g/mol. The summed E-state index contributed by atoms with van der Waals surface area (Å²) in [6.07, 6.45) is 0. The Kier molecular flexibility index (Phi) is 6.98. The average molecular weight is 707 g/mol. The molecule has 3 heteroatoms. The van der Waals surface area contributed by atoms with Crippen molar-refractivity contribution in [3.05, 3.63) is 229 Å². The second-order valence-corrected chi connectivity index (χ2v) is 15.1. The highest BCUT2D eigenvalue weighted by molar-refractivity contribution is 7.27. The first kappa shape index (κ1) is 30.9. The number of anilines is 3. The van der Waals surface area contributed by atoms with Crippen molar-refractivity contribution in [2.24, 2.45) is 0 Å². The van der Waals surface area contributed by atoms with Crippen LogP contribution < -0.4 is 4.90 Å². The smallest absolute Gasteiger partial charge is 0.0728 e. The average Bonchev–Trinajstić information content (AvgIpc) is 3.89. The lowest BCUT2D eigenvalue weighted by Gasteiger charge is -2.35. The van der Waals surface area contributed by atoms with Crippen LogP contribution in [0.4, 0.5) is 17.1 Å². The van der Waals surface area contributed by atoms with Gasteiger partial charge in [0.25, 0.3) is 0 Å². The van der Waals surface area contributed by atoms with Crippen molar-refractivity contribution in [1.29, 1.82) is 0 Å². The summed E-state index contributed by atoms with van der Waals surface area (Å²) in [5, 5.41) is 2.53. The number of aromatic nitrogens is 1. The third-order valence-corrected chi connectivity index (χ3v) is 12.5. The van der Waals surface area contributed by atoms with Gasteiger partial charge in [-0.3, -0.25) is 0 Å². The fourth-order valence-corrected chi connectivity index (χ4v) is 10.4. The van der Waals surface area contributed by atoms with Crippen LogP contribution in [0.3, 0.4) is 0 Å². The Morgan fingerprint density at radius 2 is 0.981 bits per heavy atom. The van der Waals surface area contributed by atoms with Crippen LogP contribution in [0.1, 0.15) is 22.3 Å². The maximum atomic E-state index is 2.46. The molecule has 2 nitrogen and oxygen atoms in total. The fourth-order valence-electron chi connectivity index (χ4n) is 9.09. The molecule has 0 amide bonds. The number of hydrogen-bond donors (Lipinski definition) is 0. The zero-order chi connectivity index (χ0) is 35.6. The molecule has 11 rings (SSSR count). The molecule has 0 aliphatic heterocycles. The molecule has 10 aromatic rings. The third-order valence-electron chi connectivity index (χ3n) is 11.2. The highest BCUT2D eigenvalue weighted by Crippen LogP contribution is 2.57. The van der Waals surface area contributed by atoms with Gasteiger partial charge in [0.05, 0.1) is 31.5 Å². The molecule has 2 aromatic heterocycles. The van der Waals surface area contributed by atoms with Gasteiger partial charge in [0, 0.05) is 27.8 Å². The van der Waals surface area contributed by atoms with Crippen molar-refractivity contribution < 1.29 is 0 Å². The minimum atomic E-state index is -0.483. The first-order valence-electron chi connectivity index (χ1n) is 18.5. The van der Waals surface area contributed by atoms with E-state index in [2.05, 4.69) is 216 Å². The van der Waals surface area contributed by atoms with Crippen LogP contribution in [0.5, 0.6) is 0 Å². The molecule has 0 unspecified atom stereocenters. The number of thiophene rings is 1. The van der Waals surface area contributed by atoms with E-state index < -0.39 is 5.41 Å². The van der Waals surface area contributed by atoms with Crippen molar-refractivity contribution in [2.75, 3.05) is 4.90 Å². The molecule has 1 aliphatic carbocycles. The number of benzene rings is 8. The lowest BCUT2D eigenvalue weighted by molar-refractivity contribution is 0.768. The van der Waals surface area contributed by atoms with Crippen molar-refractivity contribution >= 4 is 59.6 Å². The summed E-state index contributed by atoms with van der Waals surface area (Å²) < 4.78 is 5.02. The zero-order valence-electron chi connectivity index (χ0n) is 29.4. The van der Waals surface area contributed by atoms with Gasteiger partial charge in [-0.2, -0.15) is 0 Å². The lowest BCUT2D eigenvalue weighted by Crippen LogP contribution is -2.28. The summed E-state index contributed by atoms with van der Waals surface area (Å²) in [5.74, 6) is 0. The minimum Gasteiger partial charge on any atom is -0.309 e. The van der Waals surface area contributed by atoms with Crippen LogP contribution >= 0.6 is 11.3 Å². The Morgan fingerprint density at radius 1 is 0.426 bits per heavy atom. The van der Waals surface area contributed by atoms with E-state index in [4.69, 9.17) is 0 Å². The summed E-state index contributed by atoms with van der Waals surface area (Å²) in [5.41, 5.74) is 14.3. The summed E-state index contributed by atoms with van der Waals surface area (Å²) in [7, 11) is 0. The fraction of sp³-hybridized carbons (Fsp3) is 0.0196. The molecule has 1 aliphatic rings. The molecule has 0 radical (unpaired) electrons. The van der Waals surface area contributed by atoms with Crippen molar-refractivity contribution in [3.63, 3.8) is 0 Å². The van der Waals surface area contributed by atoms with Gasteiger partial charge >= 0.3 is 0 Å². The standard InChI is InChI=1S/C51H34N2S/c1-4-18-35(19-5-1)51(44-30-13-10-26-40(44)41-27-11-14-31-45(41)51)36-20-16-25-39(34-36)52(37-21-6-2-7-22-37)47-33-17-29-43-48-50(54-49(43)47)42-28-12-15-32-46(42)53(48)38-23-8-3-9-24-38/h1-34H. The molecular weight excluding hydrogens is 673 g/mol. The molecule has 0 bridgehead atoms. The van der Waals surface area contributed by atoms with Crippen molar-refractivity contribution in [2.45, 2.75) is 5.41 Å². The number of fused-ring (bicyclic) bond motifs is 8. The van der Waals surface area contributed by atoms with E-state index in [-0.39, 0.29) is 0 Å². The lowest BCUT2D eigenvalue weighted by atomic mass is 9.67. The van der Waals surface area contributed by atoms with Gasteiger partial charge in [0.1, 0.15) is 0 Å². The summed E-state index contributed by atoms with van der Waals surface area (Å²) in [6, 6.07) is 75.5.